The molecule has 3 amide bonds. The van der Waals surface area contributed by atoms with Crippen molar-refractivity contribution >= 4 is 28.4 Å². The molecule has 0 atom stereocenters. The van der Waals surface area contributed by atoms with Gasteiger partial charge in [0.25, 0.3) is 5.91 Å². The third-order valence-corrected chi connectivity index (χ3v) is 2.48. The van der Waals surface area contributed by atoms with Gasteiger partial charge in [-0.3, -0.25) is 4.79 Å². The van der Waals surface area contributed by atoms with E-state index in [1.165, 1.54) is 0 Å². The second-order valence-corrected chi connectivity index (χ2v) is 3.69. The molecule has 5 N–H and O–H groups in total. The molecule has 0 aromatic carbocycles. The Balaban J connectivity index is 2.32. The summed E-state index contributed by atoms with van der Waals surface area (Å²) in [7, 11) is 1.69. The third-order valence-electron chi connectivity index (χ3n) is 1.54. The summed E-state index contributed by atoms with van der Waals surface area (Å²) < 4.78 is 0. The van der Waals surface area contributed by atoms with E-state index in [0.29, 0.717) is 5.13 Å². The number of nitrogens with zero attached hydrogens (tertiary/aromatic N) is 2. The van der Waals surface area contributed by atoms with Crippen molar-refractivity contribution in [3.05, 3.63) is 5.01 Å². The van der Waals surface area contributed by atoms with Crippen molar-refractivity contribution in [2.24, 2.45) is 5.73 Å². The summed E-state index contributed by atoms with van der Waals surface area (Å²) in [6.45, 7) is 0.564. The molecule has 0 bridgehead atoms. The predicted molar refractivity (Wildman–Crippen MR) is 59.4 cm³/mol. The smallest absolute Gasteiger partial charge is 0.312 e. The van der Waals surface area contributed by atoms with E-state index in [4.69, 9.17) is 5.73 Å². The van der Waals surface area contributed by atoms with E-state index < -0.39 is 6.03 Å². The lowest BCUT2D eigenvalue weighted by Crippen LogP contribution is -2.37. The lowest BCUT2D eigenvalue weighted by Gasteiger charge is -2.02. The van der Waals surface area contributed by atoms with Crippen LogP contribution in [0.1, 0.15) is 9.80 Å². The van der Waals surface area contributed by atoms with E-state index in [1.54, 1.807) is 7.05 Å². The van der Waals surface area contributed by atoms with Gasteiger partial charge in [-0.1, -0.05) is 11.3 Å². The number of nitrogens with two attached hydrogens (primary N) is 1. The Hall–Kier alpha value is -1.90. The molecule has 1 aromatic heterocycles. The fourth-order valence-corrected chi connectivity index (χ4v) is 1.47. The Labute approximate surface area is 95.6 Å². The zero-order chi connectivity index (χ0) is 12.0. The highest BCUT2D eigenvalue weighted by Crippen LogP contribution is 2.13. The molecule has 0 aliphatic rings. The van der Waals surface area contributed by atoms with Crippen molar-refractivity contribution < 1.29 is 9.59 Å². The summed E-state index contributed by atoms with van der Waals surface area (Å²) in [5.74, 6) is -0.328. The van der Waals surface area contributed by atoms with Gasteiger partial charge in [-0.25, -0.2) is 4.79 Å². The van der Waals surface area contributed by atoms with Crippen LogP contribution in [-0.4, -0.2) is 42.3 Å². The topological polar surface area (TPSA) is 122 Å². The fourth-order valence-electron chi connectivity index (χ4n) is 0.853. The third kappa shape index (κ3) is 3.69. The van der Waals surface area contributed by atoms with Gasteiger partial charge in [-0.15, -0.1) is 10.2 Å². The van der Waals surface area contributed by atoms with Gasteiger partial charge in [0.05, 0.1) is 0 Å². The minimum Gasteiger partial charge on any atom is -0.363 e. The van der Waals surface area contributed by atoms with Crippen molar-refractivity contribution in [3.63, 3.8) is 0 Å². The van der Waals surface area contributed by atoms with Crippen LogP contribution in [0.4, 0.5) is 9.93 Å². The first-order valence-corrected chi connectivity index (χ1v) is 5.28. The van der Waals surface area contributed by atoms with Gasteiger partial charge in [0.2, 0.25) is 10.1 Å². The average molecular weight is 244 g/mol. The fraction of sp³-hybridized carbons (Fsp3) is 0.429. The molecule has 0 aliphatic carbocycles. The van der Waals surface area contributed by atoms with Gasteiger partial charge in [-0.05, 0) is 0 Å². The number of urea groups is 1. The van der Waals surface area contributed by atoms with Crippen LogP contribution in [-0.2, 0) is 0 Å². The minimum absolute atomic E-state index is 0.267. The molecule has 0 aliphatic heterocycles. The van der Waals surface area contributed by atoms with E-state index in [1.807, 2.05) is 0 Å². The first-order chi connectivity index (χ1) is 7.63. The predicted octanol–water partition coefficient (Wildman–Crippen LogP) is -1.02. The van der Waals surface area contributed by atoms with Crippen LogP contribution in [0.2, 0.25) is 0 Å². The molecule has 0 unspecified atom stereocenters. The standard InChI is InChI=1S/C7H12N6O2S/c1-9-7-13-12-5(16-7)4(14)10-2-3-11-6(8)15/h2-3H2,1H3,(H,9,13)(H,10,14)(H3,8,11,15). The Morgan fingerprint density at radius 1 is 1.31 bits per heavy atom. The molecule has 0 saturated carbocycles. The minimum atomic E-state index is -0.623. The van der Waals surface area contributed by atoms with Crippen molar-refractivity contribution in [1.29, 1.82) is 0 Å². The maximum atomic E-state index is 11.4. The largest absolute Gasteiger partial charge is 0.363 e. The highest BCUT2D eigenvalue weighted by Gasteiger charge is 2.11. The molecule has 1 heterocycles. The number of anilines is 1. The van der Waals surface area contributed by atoms with E-state index >= 15 is 0 Å². The molecule has 0 spiro atoms. The van der Waals surface area contributed by atoms with Crippen molar-refractivity contribution in [3.8, 4) is 0 Å². The number of carbonyl (C=O) groups is 2. The number of hydrogen-bond donors (Lipinski definition) is 4. The number of hydrogen-bond acceptors (Lipinski definition) is 6. The number of nitrogens with one attached hydrogen (secondary N) is 3. The van der Waals surface area contributed by atoms with Crippen LogP contribution in [0.15, 0.2) is 0 Å². The van der Waals surface area contributed by atoms with Crippen molar-refractivity contribution in [2.45, 2.75) is 0 Å². The van der Waals surface area contributed by atoms with E-state index in [2.05, 4.69) is 26.1 Å². The SMILES string of the molecule is CNc1nnc(C(=O)NCCNC(N)=O)s1. The van der Waals surface area contributed by atoms with Crippen molar-refractivity contribution in [1.82, 2.24) is 20.8 Å². The molecule has 9 heteroatoms. The number of aromatic nitrogens is 2. The van der Waals surface area contributed by atoms with Gasteiger partial charge in [0.15, 0.2) is 0 Å². The summed E-state index contributed by atoms with van der Waals surface area (Å²) in [6.07, 6.45) is 0. The molecule has 16 heavy (non-hydrogen) atoms. The summed E-state index contributed by atoms with van der Waals surface area (Å²) in [6, 6.07) is -0.623. The quantitative estimate of drug-likeness (QED) is 0.494. The second kappa shape index (κ2) is 5.85. The van der Waals surface area contributed by atoms with E-state index in [0.717, 1.165) is 11.3 Å². The van der Waals surface area contributed by atoms with Gasteiger partial charge in [-0.2, -0.15) is 0 Å². The van der Waals surface area contributed by atoms with E-state index in [-0.39, 0.29) is 24.0 Å². The normalized spacial score (nSPS) is 9.56. The maximum absolute atomic E-state index is 11.4. The Bertz CT molecular complexity index is 379. The summed E-state index contributed by atoms with van der Waals surface area (Å²) in [5, 5.41) is 15.9. The molecule has 0 radical (unpaired) electrons. The average Bonchev–Trinajstić information content (AvgIpc) is 2.72. The number of primary amides is 1. The van der Waals surface area contributed by atoms with Crippen LogP contribution in [0.25, 0.3) is 0 Å². The molecular formula is C7H12N6O2S. The zero-order valence-electron chi connectivity index (χ0n) is 8.61. The van der Waals surface area contributed by atoms with Gasteiger partial charge >= 0.3 is 6.03 Å². The second-order valence-electron chi connectivity index (χ2n) is 2.71. The molecule has 1 aromatic rings. The molecule has 0 fully saturated rings. The Morgan fingerprint density at radius 2 is 2.00 bits per heavy atom. The molecule has 88 valence electrons. The first kappa shape index (κ1) is 12.2. The lowest BCUT2D eigenvalue weighted by molar-refractivity contribution is 0.0953. The maximum Gasteiger partial charge on any atom is 0.312 e. The monoisotopic (exact) mass is 244 g/mol. The van der Waals surface area contributed by atoms with Crippen molar-refractivity contribution in [2.75, 3.05) is 25.5 Å². The van der Waals surface area contributed by atoms with Crippen LogP contribution < -0.4 is 21.7 Å². The van der Waals surface area contributed by atoms with Gasteiger partial charge in [0, 0.05) is 20.1 Å². The van der Waals surface area contributed by atoms with E-state index in [9.17, 15) is 9.59 Å². The first-order valence-electron chi connectivity index (χ1n) is 4.46. The molecule has 0 saturated heterocycles. The molecular weight excluding hydrogens is 232 g/mol. The van der Waals surface area contributed by atoms with Crippen LogP contribution in [0, 0.1) is 0 Å². The van der Waals surface area contributed by atoms with Gasteiger partial charge in [0.1, 0.15) is 0 Å². The zero-order valence-corrected chi connectivity index (χ0v) is 9.43. The van der Waals surface area contributed by atoms with Crippen LogP contribution >= 0.6 is 11.3 Å². The molecule has 1 rings (SSSR count). The highest BCUT2D eigenvalue weighted by atomic mass is 32.1. The summed E-state index contributed by atoms with van der Waals surface area (Å²) in [4.78, 5) is 21.8. The summed E-state index contributed by atoms with van der Waals surface area (Å²) in [5.41, 5.74) is 4.85. The van der Waals surface area contributed by atoms with Gasteiger partial charge < -0.3 is 21.7 Å². The number of carbonyl (C=O) groups excluding carboxylic acids is 2. The number of rotatable bonds is 5. The lowest BCUT2D eigenvalue weighted by atomic mass is 10.5. The van der Waals surface area contributed by atoms with Crippen LogP contribution in [0.5, 0.6) is 0 Å². The molecule has 8 nitrogen and oxygen atoms in total. The number of amides is 3. The Morgan fingerprint density at radius 3 is 2.56 bits per heavy atom. The summed E-state index contributed by atoms with van der Waals surface area (Å²) >= 11 is 1.15. The van der Waals surface area contributed by atoms with Crippen LogP contribution in [0.3, 0.4) is 0 Å². The highest BCUT2D eigenvalue weighted by molar-refractivity contribution is 7.17. The Kier molecular flexibility index (Phi) is 4.45.